The topological polar surface area (TPSA) is 9.23 Å². The van der Waals surface area contributed by atoms with Gasteiger partial charge in [-0.3, -0.25) is 0 Å². The van der Waals surface area contributed by atoms with Crippen molar-refractivity contribution in [2.45, 2.75) is 77.2 Å². The summed E-state index contributed by atoms with van der Waals surface area (Å²) in [6.07, 6.45) is 13.9. The van der Waals surface area contributed by atoms with Crippen LogP contribution in [0.25, 0.3) is 11.1 Å². The van der Waals surface area contributed by atoms with Crippen molar-refractivity contribution in [3.8, 4) is 11.1 Å². The molecule has 4 unspecified atom stereocenters. The molecule has 4 rings (SSSR count). The second kappa shape index (κ2) is 10.6. The largest absolute Gasteiger partial charge is 0.378 e. The monoisotopic (exact) mass is 420 g/mol. The Kier molecular flexibility index (Phi) is 7.61. The predicted octanol–water partition coefficient (Wildman–Crippen LogP) is 8.09. The highest BCUT2D eigenvalue weighted by molar-refractivity contribution is 5.64. The van der Waals surface area contributed by atoms with Crippen molar-refractivity contribution in [1.29, 1.82) is 0 Å². The number of rotatable bonds is 7. The van der Waals surface area contributed by atoms with Gasteiger partial charge in [-0.05, 0) is 111 Å². The number of ether oxygens (including phenoxy) is 1. The van der Waals surface area contributed by atoms with Crippen LogP contribution in [0.4, 0.5) is 4.39 Å². The quantitative estimate of drug-likeness (QED) is 0.411. The van der Waals surface area contributed by atoms with E-state index < -0.39 is 0 Å². The molecule has 2 aliphatic rings. The highest BCUT2D eigenvalue weighted by Crippen LogP contribution is 2.47. The highest BCUT2D eigenvalue weighted by Gasteiger charge is 2.36. The van der Waals surface area contributed by atoms with E-state index in [1.54, 1.807) is 6.07 Å². The van der Waals surface area contributed by atoms with E-state index in [0.29, 0.717) is 12.0 Å². The Morgan fingerprint density at radius 2 is 1.68 bits per heavy atom. The standard InChI is InChI=1S/C29H37FO/c1-3-5-6-7-21-8-10-22(11-9-21)25-15-17-28(29(30)20-25)26-13-12-24-19-27(31-4-2)16-14-23(24)18-26/h3,5,8-11,15,17,20,23-24,26-27H,4,6-7,12-14,16,18-19H2,1-2H3/b5-3+. The lowest BCUT2D eigenvalue weighted by molar-refractivity contribution is -0.00968. The van der Waals surface area contributed by atoms with Crippen molar-refractivity contribution >= 4 is 0 Å². The third-order valence-corrected chi connectivity index (χ3v) is 7.53. The van der Waals surface area contributed by atoms with E-state index in [1.807, 2.05) is 0 Å². The van der Waals surface area contributed by atoms with Crippen LogP contribution in [0.1, 0.15) is 75.8 Å². The molecule has 0 aliphatic heterocycles. The first kappa shape index (κ1) is 22.3. The molecule has 2 aromatic carbocycles. The van der Waals surface area contributed by atoms with Gasteiger partial charge in [0.25, 0.3) is 0 Å². The molecule has 2 fully saturated rings. The fourth-order valence-electron chi connectivity index (χ4n) is 5.83. The predicted molar refractivity (Wildman–Crippen MR) is 128 cm³/mol. The summed E-state index contributed by atoms with van der Waals surface area (Å²) in [4.78, 5) is 0. The van der Waals surface area contributed by atoms with Crippen molar-refractivity contribution < 1.29 is 9.13 Å². The van der Waals surface area contributed by atoms with Gasteiger partial charge in [-0.15, -0.1) is 0 Å². The van der Waals surface area contributed by atoms with Crippen molar-refractivity contribution in [3.05, 3.63) is 71.6 Å². The van der Waals surface area contributed by atoms with E-state index in [9.17, 15) is 0 Å². The summed E-state index contributed by atoms with van der Waals surface area (Å²) in [6.45, 7) is 4.97. The van der Waals surface area contributed by atoms with Crippen LogP contribution >= 0.6 is 0 Å². The fourth-order valence-corrected chi connectivity index (χ4v) is 5.83. The summed E-state index contributed by atoms with van der Waals surface area (Å²) in [5.74, 6) is 1.86. The van der Waals surface area contributed by atoms with Crippen molar-refractivity contribution in [3.63, 3.8) is 0 Å². The van der Waals surface area contributed by atoms with Gasteiger partial charge in [0, 0.05) is 6.61 Å². The number of allylic oxidation sites excluding steroid dienone is 2. The van der Waals surface area contributed by atoms with Gasteiger partial charge >= 0.3 is 0 Å². The molecule has 2 heteroatoms. The van der Waals surface area contributed by atoms with Crippen LogP contribution in [0.15, 0.2) is 54.6 Å². The van der Waals surface area contributed by atoms with Gasteiger partial charge in [0.15, 0.2) is 0 Å². The maximum absolute atomic E-state index is 15.2. The van der Waals surface area contributed by atoms with Crippen molar-refractivity contribution in [2.75, 3.05) is 6.61 Å². The third-order valence-electron chi connectivity index (χ3n) is 7.53. The first-order chi connectivity index (χ1) is 15.2. The summed E-state index contributed by atoms with van der Waals surface area (Å²) in [5, 5.41) is 0. The zero-order chi connectivity index (χ0) is 21.6. The molecule has 0 spiro atoms. The number of fused-ring (bicyclic) bond motifs is 1. The molecule has 0 aromatic heterocycles. The Bertz CT molecular complexity index is 869. The van der Waals surface area contributed by atoms with Gasteiger partial charge < -0.3 is 4.74 Å². The van der Waals surface area contributed by atoms with Gasteiger partial charge in [-0.2, -0.15) is 0 Å². The molecule has 2 aliphatic carbocycles. The second-order valence-corrected chi connectivity index (χ2v) is 9.46. The Balaban J connectivity index is 1.40. The van der Waals surface area contributed by atoms with Crippen LogP contribution in [0.3, 0.4) is 0 Å². The Labute approximate surface area is 187 Å². The molecule has 0 amide bonds. The minimum Gasteiger partial charge on any atom is -0.378 e. The Hall–Kier alpha value is -1.93. The molecule has 0 N–H and O–H groups in total. The Morgan fingerprint density at radius 3 is 2.42 bits per heavy atom. The van der Waals surface area contributed by atoms with Gasteiger partial charge in [0.2, 0.25) is 0 Å². The smallest absolute Gasteiger partial charge is 0.127 e. The third kappa shape index (κ3) is 5.47. The van der Waals surface area contributed by atoms with Crippen LogP contribution in [-0.2, 0) is 11.2 Å². The average molecular weight is 421 g/mol. The van der Waals surface area contributed by atoms with Crippen molar-refractivity contribution in [1.82, 2.24) is 0 Å². The average Bonchev–Trinajstić information content (AvgIpc) is 2.79. The second-order valence-electron chi connectivity index (χ2n) is 9.46. The summed E-state index contributed by atoms with van der Waals surface area (Å²) in [7, 11) is 0. The minimum atomic E-state index is -0.0267. The summed E-state index contributed by atoms with van der Waals surface area (Å²) in [6, 6.07) is 14.5. The zero-order valence-electron chi connectivity index (χ0n) is 19.2. The lowest BCUT2D eigenvalue weighted by atomic mass is 9.65. The molecule has 4 atom stereocenters. The van der Waals surface area contributed by atoms with Gasteiger partial charge in [-0.25, -0.2) is 4.39 Å². The van der Waals surface area contributed by atoms with Crippen LogP contribution < -0.4 is 0 Å². The van der Waals surface area contributed by atoms with E-state index >= 15 is 4.39 Å². The highest BCUT2D eigenvalue weighted by atomic mass is 19.1. The summed E-state index contributed by atoms with van der Waals surface area (Å²) < 4.78 is 21.1. The van der Waals surface area contributed by atoms with Gasteiger partial charge in [0.1, 0.15) is 5.82 Å². The molecule has 2 aromatic rings. The lowest BCUT2D eigenvalue weighted by Crippen LogP contribution is -2.33. The molecule has 0 heterocycles. The molecule has 0 radical (unpaired) electrons. The van der Waals surface area contributed by atoms with Crippen LogP contribution in [0, 0.1) is 17.7 Å². The first-order valence-corrected chi connectivity index (χ1v) is 12.3. The number of halogens is 1. The van der Waals surface area contributed by atoms with Crippen LogP contribution in [0.2, 0.25) is 0 Å². The SMILES string of the molecule is C/C=C/CCc1ccc(-c2ccc(C3CCC4CC(OCC)CCC4C3)c(F)c2)cc1. The lowest BCUT2D eigenvalue weighted by Gasteiger charge is -2.42. The van der Waals surface area contributed by atoms with Crippen molar-refractivity contribution in [2.24, 2.45) is 11.8 Å². The van der Waals surface area contributed by atoms with E-state index in [-0.39, 0.29) is 5.82 Å². The zero-order valence-corrected chi connectivity index (χ0v) is 19.2. The maximum Gasteiger partial charge on any atom is 0.127 e. The molecule has 0 bridgehead atoms. The maximum atomic E-state index is 15.2. The molecule has 2 saturated carbocycles. The Morgan fingerprint density at radius 1 is 0.935 bits per heavy atom. The fraction of sp³-hybridized carbons (Fsp3) is 0.517. The molecule has 31 heavy (non-hydrogen) atoms. The van der Waals surface area contributed by atoms with E-state index in [0.717, 1.165) is 60.8 Å². The summed E-state index contributed by atoms with van der Waals surface area (Å²) >= 11 is 0. The van der Waals surface area contributed by atoms with E-state index in [4.69, 9.17) is 4.74 Å². The number of benzene rings is 2. The van der Waals surface area contributed by atoms with Gasteiger partial charge in [-0.1, -0.05) is 48.6 Å². The molecule has 1 nitrogen and oxygen atoms in total. The van der Waals surface area contributed by atoms with Crippen LogP contribution in [-0.4, -0.2) is 12.7 Å². The number of aryl methyl sites for hydroxylation is 1. The van der Waals surface area contributed by atoms with E-state index in [1.165, 1.54) is 31.2 Å². The normalized spacial score (nSPS) is 26.2. The number of hydrogen-bond donors (Lipinski definition) is 0. The number of hydrogen-bond acceptors (Lipinski definition) is 1. The molecular weight excluding hydrogens is 383 g/mol. The van der Waals surface area contributed by atoms with Gasteiger partial charge in [0.05, 0.1) is 6.10 Å². The minimum absolute atomic E-state index is 0.0267. The van der Waals surface area contributed by atoms with E-state index in [2.05, 4.69) is 62.4 Å². The molecule has 166 valence electrons. The molecule has 0 saturated heterocycles. The molecular formula is C29H37FO. The van der Waals surface area contributed by atoms with Crippen LogP contribution in [0.5, 0.6) is 0 Å². The summed E-state index contributed by atoms with van der Waals surface area (Å²) in [5.41, 5.74) is 4.33. The first-order valence-electron chi connectivity index (χ1n) is 12.3.